The van der Waals surface area contributed by atoms with Crippen LogP contribution < -0.4 is 0 Å². The maximum atomic E-state index is 6.19. The summed E-state index contributed by atoms with van der Waals surface area (Å²) in [6.45, 7) is 12.6. The van der Waals surface area contributed by atoms with Crippen LogP contribution in [-0.2, 0) is 4.43 Å². The van der Waals surface area contributed by atoms with Crippen molar-refractivity contribution in [2.45, 2.75) is 77.4 Å². The van der Waals surface area contributed by atoms with Gasteiger partial charge in [0.25, 0.3) is 0 Å². The van der Waals surface area contributed by atoms with Crippen LogP contribution in [0.2, 0.25) is 18.1 Å². The molecule has 0 aromatic heterocycles. The Morgan fingerprint density at radius 2 is 1.89 bits per heavy atom. The lowest BCUT2D eigenvalue weighted by molar-refractivity contribution is 0.276. The highest BCUT2D eigenvalue weighted by Crippen LogP contribution is 2.36. The molecule has 0 spiro atoms. The lowest BCUT2D eigenvalue weighted by Gasteiger charge is -2.36. The van der Waals surface area contributed by atoms with Crippen LogP contribution in [0.1, 0.15) is 59.3 Å². The molecule has 18 heavy (non-hydrogen) atoms. The van der Waals surface area contributed by atoms with Gasteiger partial charge in [-0.3, -0.25) is 0 Å². The van der Waals surface area contributed by atoms with E-state index < -0.39 is 8.32 Å². The highest BCUT2D eigenvalue weighted by molar-refractivity contribution is 6.74. The zero-order valence-corrected chi connectivity index (χ0v) is 14.1. The molecular formula is C16H32OSi. The Labute approximate surface area is 115 Å². The monoisotopic (exact) mass is 268 g/mol. The van der Waals surface area contributed by atoms with E-state index in [0.29, 0.717) is 5.04 Å². The van der Waals surface area contributed by atoms with E-state index in [1.807, 2.05) is 0 Å². The molecule has 106 valence electrons. The average molecular weight is 269 g/mol. The van der Waals surface area contributed by atoms with E-state index in [2.05, 4.69) is 46.0 Å². The van der Waals surface area contributed by atoms with E-state index in [9.17, 15) is 0 Å². The first-order valence-corrected chi connectivity index (χ1v) is 10.5. The molecule has 0 saturated heterocycles. The summed E-state index contributed by atoms with van der Waals surface area (Å²) in [5.41, 5.74) is 0. The minimum atomic E-state index is -1.50. The molecule has 1 aliphatic carbocycles. The van der Waals surface area contributed by atoms with E-state index in [4.69, 9.17) is 4.43 Å². The van der Waals surface area contributed by atoms with Crippen molar-refractivity contribution in [3.05, 3.63) is 12.2 Å². The van der Waals surface area contributed by atoms with Crippen LogP contribution in [0.15, 0.2) is 12.2 Å². The summed E-state index contributed by atoms with van der Waals surface area (Å²) in [5, 5.41) is 0.349. The fraction of sp³-hybridized carbons (Fsp3) is 0.875. The summed E-state index contributed by atoms with van der Waals surface area (Å²) in [4.78, 5) is 0. The van der Waals surface area contributed by atoms with Crippen LogP contribution in [0.4, 0.5) is 0 Å². The molecule has 0 fully saturated rings. The fourth-order valence-electron chi connectivity index (χ4n) is 2.16. The first kappa shape index (κ1) is 16.0. The Morgan fingerprint density at radius 3 is 2.44 bits per heavy atom. The van der Waals surface area contributed by atoms with Crippen LogP contribution in [-0.4, -0.2) is 14.9 Å². The first-order chi connectivity index (χ1) is 8.33. The Bertz CT molecular complexity index is 263. The quantitative estimate of drug-likeness (QED) is 0.335. The molecule has 0 radical (unpaired) electrons. The highest BCUT2D eigenvalue weighted by atomic mass is 28.4. The lowest BCUT2D eigenvalue weighted by atomic mass is 10.0. The Hall–Kier alpha value is -0.0831. The topological polar surface area (TPSA) is 9.23 Å². The number of unbranched alkanes of at least 4 members (excludes halogenated alkanes) is 2. The van der Waals surface area contributed by atoms with Gasteiger partial charge in [-0.25, -0.2) is 0 Å². The first-order valence-electron chi connectivity index (χ1n) is 7.63. The molecule has 2 heteroatoms. The number of allylic oxidation sites excluding steroid dienone is 2. The molecule has 0 saturated carbocycles. The van der Waals surface area contributed by atoms with Gasteiger partial charge in [-0.15, -0.1) is 0 Å². The second-order valence-electron chi connectivity index (χ2n) is 7.22. The highest BCUT2D eigenvalue weighted by Gasteiger charge is 2.36. The van der Waals surface area contributed by atoms with Gasteiger partial charge < -0.3 is 4.43 Å². The van der Waals surface area contributed by atoms with Gasteiger partial charge in [-0.1, -0.05) is 45.8 Å². The van der Waals surface area contributed by atoms with Gasteiger partial charge in [0.05, 0.1) is 0 Å². The number of rotatable bonds is 7. The Balaban J connectivity index is 2.03. The van der Waals surface area contributed by atoms with Crippen LogP contribution in [0.25, 0.3) is 0 Å². The van der Waals surface area contributed by atoms with Crippen molar-refractivity contribution in [1.29, 1.82) is 0 Å². The zero-order chi connectivity index (χ0) is 13.6. The smallest absolute Gasteiger partial charge is 0.191 e. The molecule has 0 heterocycles. The molecule has 0 aromatic rings. The molecule has 0 aliphatic heterocycles. The third kappa shape index (κ3) is 5.27. The van der Waals surface area contributed by atoms with E-state index >= 15 is 0 Å². The molecule has 1 aliphatic rings. The van der Waals surface area contributed by atoms with Crippen molar-refractivity contribution >= 4 is 8.32 Å². The molecule has 0 bridgehead atoms. The predicted molar refractivity (Wildman–Crippen MR) is 83.5 cm³/mol. The standard InChI is InChI=1S/C16H32OSi/c1-16(2,3)18(4,5)17-14-10-6-7-11-15-12-8-9-13-15/h8,12,15H,6-7,9-11,13-14H2,1-5H3. The lowest BCUT2D eigenvalue weighted by Crippen LogP contribution is -2.40. The van der Waals surface area contributed by atoms with Crippen LogP contribution in [0.5, 0.6) is 0 Å². The zero-order valence-electron chi connectivity index (χ0n) is 13.1. The van der Waals surface area contributed by atoms with Gasteiger partial charge in [0, 0.05) is 6.61 Å². The molecule has 1 nitrogen and oxygen atoms in total. The molecule has 0 aromatic carbocycles. The van der Waals surface area contributed by atoms with E-state index in [0.717, 1.165) is 12.5 Å². The van der Waals surface area contributed by atoms with Crippen molar-refractivity contribution in [3.63, 3.8) is 0 Å². The van der Waals surface area contributed by atoms with E-state index in [1.165, 1.54) is 38.5 Å². The Kier molecular flexibility index (Phi) is 6.13. The maximum absolute atomic E-state index is 6.19. The third-order valence-electron chi connectivity index (χ3n) is 4.60. The second kappa shape index (κ2) is 6.90. The van der Waals surface area contributed by atoms with Gasteiger partial charge in [0.1, 0.15) is 0 Å². The van der Waals surface area contributed by atoms with E-state index in [-0.39, 0.29) is 0 Å². The summed E-state index contributed by atoms with van der Waals surface area (Å²) < 4.78 is 6.19. The molecule has 0 amide bonds. The number of hydrogen-bond acceptors (Lipinski definition) is 1. The van der Waals surface area contributed by atoms with Crippen molar-refractivity contribution < 1.29 is 4.43 Å². The van der Waals surface area contributed by atoms with E-state index in [1.54, 1.807) is 0 Å². The average Bonchev–Trinajstić information content (AvgIpc) is 2.74. The minimum Gasteiger partial charge on any atom is -0.417 e. The van der Waals surface area contributed by atoms with Gasteiger partial charge in [-0.05, 0) is 49.7 Å². The molecular weight excluding hydrogens is 236 g/mol. The predicted octanol–water partition coefficient (Wildman–Crippen LogP) is 5.53. The maximum Gasteiger partial charge on any atom is 0.191 e. The summed E-state index contributed by atoms with van der Waals surface area (Å²) in [5.74, 6) is 0.881. The SMILES string of the molecule is CC(C)(C)[Si](C)(C)OCCCCCC1C=CCC1. The van der Waals surface area contributed by atoms with Gasteiger partial charge >= 0.3 is 0 Å². The molecule has 1 rings (SSSR count). The minimum absolute atomic E-state index is 0.349. The summed E-state index contributed by atoms with van der Waals surface area (Å²) in [6, 6.07) is 0. The molecule has 1 atom stereocenters. The van der Waals surface area contributed by atoms with Crippen LogP contribution in [0.3, 0.4) is 0 Å². The second-order valence-corrected chi connectivity index (χ2v) is 12.0. The summed E-state index contributed by atoms with van der Waals surface area (Å²) in [7, 11) is -1.50. The Morgan fingerprint density at radius 1 is 1.17 bits per heavy atom. The normalized spacial score (nSPS) is 20.6. The van der Waals surface area contributed by atoms with Gasteiger partial charge in [0.2, 0.25) is 0 Å². The fourth-order valence-corrected chi connectivity index (χ4v) is 3.25. The van der Waals surface area contributed by atoms with Crippen molar-refractivity contribution in [3.8, 4) is 0 Å². The molecule has 0 N–H and O–H groups in total. The van der Waals surface area contributed by atoms with Crippen molar-refractivity contribution in [2.24, 2.45) is 5.92 Å². The summed E-state index contributed by atoms with van der Waals surface area (Å²) >= 11 is 0. The van der Waals surface area contributed by atoms with Gasteiger partial charge in [0.15, 0.2) is 8.32 Å². The van der Waals surface area contributed by atoms with Gasteiger partial charge in [-0.2, -0.15) is 0 Å². The van der Waals surface area contributed by atoms with Crippen LogP contribution >= 0.6 is 0 Å². The number of hydrogen-bond donors (Lipinski definition) is 0. The summed E-state index contributed by atoms with van der Waals surface area (Å²) in [6.07, 6.45) is 12.8. The largest absolute Gasteiger partial charge is 0.417 e. The van der Waals surface area contributed by atoms with Crippen molar-refractivity contribution in [2.75, 3.05) is 6.61 Å². The third-order valence-corrected chi connectivity index (χ3v) is 9.14. The van der Waals surface area contributed by atoms with Crippen LogP contribution in [0, 0.1) is 5.92 Å². The van der Waals surface area contributed by atoms with Crippen molar-refractivity contribution in [1.82, 2.24) is 0 Å². The molecule has 1 unspecified atom stereocenters.